The van der Waals surface area contributed by atoms with E-state index in [9.17, 15) is 9.59 Å². The van der Waals surface area contributed by atoms with E-state index < -0.39 is 17.1 Å². The molecule has 7 nitrogen and oxygen atoms in total. The molecule has 0 amide bonds. The van der Waals surface area contributed by atoms with Crippen LogP contribution in [0.3, 0.4) is 0 Å². The lowest BCUT2D eigenvalue weighted by Gasteiger charge is -2.34. The van der Waals surface area contributed by atoms with Crippen LogP contribution in [0.2, 0.25) is 0 Å². The second-order valence-electron chi connectivity index (χ2n) is 10.5. The fourth-order valence-electron chi connectivity index (χ4n) is 4.87. The summed E-state index contributed by atoms with van der Waals surface area (Å²) in [4.78, 5) is 31.6. The number of esters is 2. The van der Waals surface area contributed by atoms with Crippen molar-refractivity contribution in [2.24, 2.45) is 0 Å². The maximum Gasteiger partial charge on any atom is 0.339 e. The number of benzene rings is 2. The van der Waals surface area contributed by atoms with Crippen LogP contribution in [0.1, 0.15) is 75.5 Å². The Kier molecular flexibility index (Phi) is 7.55. The number of carbonyl (C=O) groups is 2. The molecule has 0 aliphatic carbocycles. The molecule has 0 saturated heterocycles. The molecule has 1 unspecified atom stereocenters. The van der Waals surface area contributed by atoms with E-state index in [2.05, 4.69) is 12.2 Å². The number of nitrogens with zero attached hydrogens (tertiary/aromatic N) is 2. The number of hydrogen-bond donors (Lipinski definition) is 1. The molecule has 3 aromatic rings. The monoisotopic (exact) mass is 503 g/mol. The van der Waals surface area contributed by atoms with Crippen LogP contribution in [0, 0.1) is 0 Å². The standard InChI is InChI=1S/C30H37N3O4/c1-7-12-25-32-24-17-18-31-30(6,28(35)36-8-2)26(24)33(25)21-15-16-22(20-13-10-9-11-14-20)23(19-21)27(34)37-29(3,4)5/h9-11,13-16,19,31H,7-8,12,17-18H2,1-6H3. The van der Waals surface area contributed by atoms with E-state index in [0.29, 0.717) is 18.5 Å². The van der Waals surface area contributed by atoms with Gasteiger partial charge in [0.2, 0.25) is 0 Å². The number of aryl methyl sites for hydroxylation is 1. The summed E-state index contributed by atoms with van der Waals surface area (Å²) in [5, 5.41) is 3.38. The first-order valence-electron chi connectivity index (χ1n) is 13.1. The maximum absolute atomic E-state index is 13.5. The highest BCUT2D eigenvalue weighted by molar-refractivity contribution is 5.98. The molecule has 2 aromatic carbocycles. The summed E-state index contributed by atoms with van der Waals surface area (Å²) < 4.78 is 13.3. The Morgan fingerprint density at radius 1 is 1.11 bits per heavy atom. The maximum atomic E-state index is 13.5. The molecule has 196 valence electrons. The predicted molar refractivity (Wildman–Crippen MR) is 144 cm³/mol. The molecule has 0 radical (unpaired) electrons. The van der Waals surface area contributed by atoms with Gasteiger partial charge in [-0.05, 0) is 64.3 Å². The summed E-state index contributed by atoms with van der Waals surface area (Å²) in [5.41, 5.74) is 2.88. The second kappa shape index (κ2) is 10.5. The molecular formula is C30H37N3O4. The van der Waals surface area contributed by atoms with Crippen molar-refractivity contribution in [1.29, 1.82) is 0 Å². The third-order valence-electron chi connectivity index (χ3n) is 6.46. The van der Waals surface area contributed by atoms with Crippen molar-refractivity contribution in [3.63, 3.8) is 0 Å². The van der Waals surface area contributed by atoms with Gasteiger partial charge in [-0.2, -0.15) is 0 Å². The lowest BCUT2D eigenvalue weighted by Crippen LogP contribution is -2.52. The van der Waals surface area contributed by atoms with E-state index in [-0.39, 0.29) is 12.6 Å². The lowest BCUT2D eigenvalue weighted by atomic mass is 9.90. The second-order valence-corrected chi connectivity index (χ2v) is 10.5. The zero-order valence-electron chi connectivity index (χ0n) is 22.7. The first-order valence-corrected chi connectivity index (χ1v) is 13.1. The van der Waals surface area contributed by atoms with Crippen molar-refractivity contribution in [3.8, 4) is 16.8 Å². The molecule has 1 aliphatic heterocycles. The van der Waals surface area contributed by atoms with Crippen LogP contribution in [0.25, 0.3) is 16.8 Å². The van der Waals surface area contributed by atoms with Gasteiger partial charge in [-0.1, -0.05) is 43.3 Å². The zero-order valence-corrected chi connectivity index (χ0v) is 22.7. The first kappa shape index (κ1) is 26.6. The number of rotatable bonds is 7. The summed E-state index contributed by atoms with van der Waals surface area (Å²) in [6, 6.07) is 15.6. The molecule has 4 rings (SSSR count). The average molecular weight is 504 g/mol. The van der Waals surface area contributed by atoms with Crippen molar-refractivity contribution in [3.05, 3.63) is 71.3 Å². The molecule has 0 bridgehead atoms. The van der Waals surface area contributed by atoms with Crippen molar-refractivity contribution in [1.82, 2.24) is 14.9 Å². The fraction of sp³-hybridized carbons (Fsp3) is 0.433. The van der Waals surface area contributed by atoms with E-state index in [1.54, 1.807) is 6.92 Å². The minimum atomic E-state index is -1.06. The van der Waals surface area contributed by atoms with Crippen LogP contribution in [0.15, 0.2) is 48.5 Å². The van der Waals surface area contributed by atoms with Crippen molar-refractivity contribution in [2.75, 3.05) is 13.2 Å². The van der Waals surface area contributed by atoms with Crippen LogP contribution >= 0.6 is 0 Å². The Hall–Kier alpha value is -3.45. The zero-order chi connectivity index (χ0) is 26.8. The number of nitrogens with one attached hydrogen (secondary N) is 1. The Balaban J connectivity index is 1.95. The molecule has 1 N–H and O–H groups in total. The van der Waals surface area contributed by atoms with Gasteiger partial charge >= 0.3 is 11.9 Å². The highest BCUT2D eigenvalue weighted by atomic mass is 16.6. The predicted octanol–water partition coefficient (Wildman–Crippen LogP) is 5.37. The van der Waals surface area contributed by atoms with Crippen LogP contribution in [-0.4, -0.2) is 40.2 Å². The lowest BCUT2D eigenvalue weighted by molar-refractivity contribution is -0.151. The number of aromatic nitrogens is 2. The third kappa shape index (κ3) is 5.32. The Morgan fingerprint density at radius 3 is 2.49 bits per heavy atom. The largest absolute Gasteiger partial charge is 0.464 e. The minimum Gasteiger partial charge on any atom is -0.464 e. The molecule has 1 aromatic heterocycles. The summed E-state index contributed by atoms with van der Waals surface area (Å²) in [6.07, 6.45) is 2.32. The van der Waals surface area contributed by atoms with E-state index in [4.69, 9.17) is 14.5 Å². The first-order chi connectivity index (χ1) is 17.6. The van der Waals surface area contributed by atoms with Crippen LogP contribution in [0.5, 0.6) is 0 Å². The van der Waals surface area contributed by atoms with Gasteiger partial charge in [0.1, 0.15) is 11.4 Å². The average Bonchev–Trinajstić information content (AvgIpc) is 3.23. The number of fused-ring (bicyclic) bond motifs is 1. The minimum absolute atomic E-state index is 0.288. The molecular weight excluding hydrogens is 466 g/mol. The highest BCUT2D eigenvalue weighted by Crippen LogP contribution is 2.35. The fourth-order valence-corrected chi connectivity index (χ4v) is 4.87. The molecule has 0 spiro atoms. The topological polar surface area (TPSA) is 82.5 Å². The van der Waals surface area contributed by atoms with Gasteiger partial charge in [0.25, 0.3) is 0 Å². The van der Waals surface area contributed by atoms with Crippen LogP contribution in [0.4, 0.5) is 0 Å². The Labute approximate surface area is 219 Å². The van der Waals surface area contributed by atoms with Gasteiger partial charge < -0.3 is 9.47 Å². The number of hydrogen-bond acceptors (Lipinski definition) is 6. The van der Waals surface area contributed by atoms with E-state index in [0.717, 1.165) is 46.9 Å². The van der Waals surface area contributed by atoms with Gasteiger partial charge in [-0.15, -0.1) is 0 Å². The van der Waals surface area contributed by atoms with Gasteiger partial charge in [0, 0.05) is 25.1 Å². The molecule has 0 saturated carbocycles. The molecule has 37 heavy (non-hydrogen) atoms. The van der Waals surface area contributed by atoms with Crippen LogP contribution < -0.4 is 5.32 Å². The quantitative estimate of drug-likeness (QED) is 0.437. The van der Waals surface area contributed by atoms with E-state index in [1.165, 1.54) is 0 Å². The van der Waals surface area contributed by atoms with E-state index >= 15 is 0 Å². The summed E-state index contributed by atoms with van der Waals surface area (Å²) in [6.45, 7) is 12.3. The summed E-state index contributed by atoms with van der Waals surface area (Å²) in [5.74, 6) is 0.119. The summed E-state index contributed by atoms with van der Waals surface area (Å²) >= 11 is 0. The molecule has 1 atom stereocenters. The smallest absolute Gasteiger partial charge is 0.339 e. The van der Waals surface area contributed by atoms with Gasteiger partial charge in [-0.25, -0.2) is 14.6 Å². The molecule has 1 aliphatic rings. The van der Waals surface area contributed by atoms with Crippen molar-refractivity contribution < 1.29 is 19.1 Å². The van der Waals surface area contributed by atoms with Gasteiger partial charge in [0.15, 0.2) is 5.54 Å². The van der Waals surface area contributed by atoms with Gasteiger partial charge in [-0.3, -0.25) is 9.88 Å². The van der Waals surface area contributed by atoms with E-state index in [1.807, 2.05) is 80.8 Å². The highest BCUT2D eigenvalue weighted by Gasteiger charge is 2.45. The Morgan fingerprint density at radius 2 is 1.84 bits per heavy atom. The molecule has 0 fully saturated rings. The van der Waals surface area contributed by atoms with Crippen molar-refractivity contribution in [2.45, 2.75) is 71.9 Å². The van der Waals surface area contributed by atoms with Crippen molar-refractivity contribution >= 4 is 11.9 Å². The number of imidazole rings is 1. The SMILES string of the molecule is CCCc1nc2c(n1-c1ccc(-c3ccccc3)c(C(=O)OC(C)(C)C)c1)C(C)(C(=O)OCC)NCC2. The molecule has 7 heteroatoms. The Bertz CT molecular complexity index is 1290. The third-order valence-corrected chi connectivity index (χ3v) is 6.46. The number of ether oxygens (including phenoxy) is 2. The number of carbonyl (C=O) groups excluding carboxylic acids is 2. The summed E-state index contributed by atoms with van der Waals surface area (Å²) in [7, 11) is 0. The normalized spacial score (nSPS) is 17.2. The molecule has 2 heterocycles. The van der Waals surface area contributed by atoms with Gasteiger partial charge in [0.05, 0.1) is 23.6 Å². The van der Waals surface area contributed by atoms with Crippen LogP contribution in [-0.2, 0) is 32.6 Å².